The number of aryl methyl sites for hydroxylation is 1. The van der Waals surface area contributed by atoms with Crippen LogP contribution in [0.3, 0.4) is 0 Å². The largest absolute Gasteiger partial charge is 0.496 e. The first-order valence-corrected chi connectivity index (χ1v) is 12.6. The summed E-state index contributed by atoms with van der Waals surface area (Å²) in [6, 6.07) is 9.05. The zero-order chi connectivity index (χ0) is 28.5. The molecule has 1 aromatic carbocycles. The van der Waals surface area contributed by atoms with Crippen LogP contribution in [0.25, 0.3) is 10.9 Å². The molecule has 0 unspecified atom stereocenters. The van der Waals surface area contributed by atoms with Gasteiger partial charge in [0.2, 0.25) is 0 Å². The van der Waals surface area contributed by atoms with Gasteiger partial charge in [0.15, 0.2) is 0 Å². The van der Waals surface area contributed by atoms with Crippen LogP contribution >= 0.6 is 0 Å². The number of aromatic nitrogens is 2. The zero-order valence-corrected chi connectivity index (χ0v) is 21.9. The van der Waals surface area contributed by atoms with E-state index in [9.17, 15) is 31.5 Å². The average molecular weight is 555 g/mol. The van der Waals surface area contributed by atoms with Crippen molar-refractivity contribution in [2.75, 3.05) is 26.7 Å². The monoisotopic (exact) mass is 554 g/mol. The molecule has 0 saturated carbocycles. The topological polar surface area (TPSA) is 79.4 Å². The molecule has 7 nitrogen and oxygen atoms in total. The Kier molecular flexibility index (Phi) is 8.06. The van der Waals surface area contributed by atoms with Crippen LogP contribution in [0.5, 0.6) is 5.75 Å². The minimum Gasteiger partial charge on any atom is -0.496 e. The summed E-state index contributed by atoms with van der Waals surface area (Å²) in [5.74, 6) is -4.70. The lowest BCUT2D eigenvalue weighted by atomic mass is 9.96. The van der Waals surface area contributed by atoms with Gasteiger partial charge in [0.05, 0.1) is 31.3 Å². The highest BCUT2D eigenvalue weighted by Crippen LogP contribution is 2.37. The standard InChI is InChI=1S/C27H31F5N4O3/c1-16-12-22(39-3)20(24(37)34-16)13-33-25(38)23-17(2)36(21-7-5-4-6-19(21)23)14-18-8-10-35(11-9-18)15-26(28,29)27(30,31)32/h4-7,12,18H,8-11,13-15H2,1-3H3,(H,33,38)(H,34,37). The van der Waals surface area contributed by atoms with Crippen LogP contribution < -0.4 is 15.6 Å². The number of halogens is 5. The third kappa shape index (κ3) is 5.95. The SMILES string of the molecule is COc1cc(C)[nH]c(=O)c1CNC(=O)c1c(C)n(CC2CCN(CC(F)(F)C(F)(F)F)CC2)c2ccccc12. The Hall–Kier alpha value is -3.41. The van der Waals surface area contributed by atoms with E-state index in [1.165, 1.54) is 7.11 Å². The fraction of sp³-hybridized carbons (Fsp3) is 0.481. The third-order valence-corrected chi connectivity index (χ3v) is 7.32. The summed E-state index contributed by atoms with van der Waals surface area (Å²) < 4.78 is 72.1. The van der Waals surface area contributed by atoms with Crippen molar-refractivity contribution in [1.29, 1.82) is 0 Å². The first-order valence-electron chi connectivity index (χ1n) is 12.6. The summed E-state index contributed by atoms with van der Waals surface area (Å²) in [6.45, 7) is 2.92. The number of hydrogen-bond donors (Lipinski definition) is 2. The Morgan fingerprint density at radius 1 is 1.13 bits per heavy atom. The van der Waals surface area contributed by atoms with Crippen LogP contribution in [-0.2, 0) is 13.1 Å². The molecule has 2 aromatic heterocycles. The number of nitrogens with zero attached hydrogens (tertiary/aromatic N) is 2. The minimum absolute atomic E-state index is 0.0431. The Morgan fingerprint density at radius 2 is 1.79 bits per heavy atom. The zero-order valence-electron chi connectivity index (χ0n) is 21.9. The van der Waals surface area contributed by atoms with E-state index in [2.05, 4.69) is 10.3 Å². The van der Waals surface area contributed by atoms with Gasteiger partial charge in [-0.2, -0.15) is 22.0 Å². The molecule has 4 rings (SSSR count). The van der Waals surface area contributed by atoms with Crippen LogP contribution in [0.1, 0.15) is 40.2 Å². The summed E-state index contributed by atoms with van der Waals surface area (Å²) in [4.78, 5) is 29.6. The van der Waals surface area contributed by atoms with E-state index in [0.717, 1.165) is 15.8 Å². The van der Waals surface area contributed by atoms with Crippen LogP contribution in [0.4, 0.5) is 22.0 Å². The van der Waals surface area contributed by atoms with Gasteiger partial charge < -0.3 is 19.6 Å². The van der Waals surface area contributed by atoms with Crippen molar-refractivity contribution < 1.29 is 31.5 Å². The lowest BCUT2D eigenvalue weighted by Gasteiger charge is -2.34. The van der Waals surface area contributed by atoms with E-state index in [1.54, 1.807) is 13.0 Å². The number of likely N-dealkylation sites (tertiary alicyclic amines) is 1. The molecule has 0 spiro atoms. The van der Waals surface area contributed by atoms with Crippen LogP contribution in [0.2, 0.25) is 0 Å². The number of aromatic amines is 1. The highest BCUT2D eigenvalue weighted by Gasteiger charge is 2.58. The molecule has 2 N–H and O–H groups in total. The molecule has 0 radical (unpaired) electrons. The number of hydrogen-bond acceptors (Lipinski definition) is 4. The van der Waals surface area contributed by atoms with Crippen molar-refractivity contribution in [2.24, 2.45) is 5.92 Å². The number of benzene rings is 1. The van der Waals surface area contributed by atoms with E-state index in [1.807, 2.05) is 35.8 Å². The number of amides is 1. The van der Waals surface area contributed by atoms with Gasteiger partial charge in [-0.25, -0.2) is 0 Å². The number of pyridine rings is 1. The predicted octanol–water partition coefficient (Wildman–Crippen LogP) is 4.79. The smallest absolute Gasteiger partial charge is 0.454 e. The molecular formula is C27H31F5N4O3. The molecule has 0 atom stereocenters. The second kappa shape index (κ2) is 11.0. The normalized spacial score (nSPS) is 15.6. The summed E-state index contributed by atoms with van der Waals surface area (Å²) in [5.41, 5.74) is 2.54. The number of carbonyl (C=O) groups is 1. The molecule has 0 bridgehead atoms. The number of piperidine rings is 1. The van der Waals surface area contributed by atoms with Gasteiger partial charge in [-0.15, -0.1) is 0 Å². The van der Waals surface area contributed by atoms with E-state index in [0.29, 0.717) is 47.7 Å². The van der Waals surface area contributed by atoms with Crippen molar-refractivity contribution in [3.05, 3.63) is 63.2 Å². The number of fused-ring (bicyclic) bond motifs is 1. The molecule has 1 fully saturated rings. The Balaban J connectivity index is 1.50. The highest BCUT2D eigenvalue weighted by atomic mass is 19.4. The van der Waals surface area contributed by atoms with Gasteiger partial charge >= 0.3 is 12.1 Å². The number of nitrogens with one attached hydrogen (secondary N) is 2. The number of ether oxygens (including phenoxy) is 1. The maximum absolute atomic E-state index is 13.5. The van der Waals surface area contributed by atoms with E-state index < -0.39 is 18.6 Å². The molecule has 3 aromatic rings. The maximum atomic E-state index is 13.5. The van der Waals surface area contributed by atoms with Crippen LogP contribution in [0.15, 0.2) is 35.1 Å². The Labute approximate surface area is 221 Å². The molecule has 12 heteroatoms. The summed E-state index contributed by atoms with van der Waals surface area (Å²) in [5, 5.41) is 3.54. The molecule has 1 aliphatic heterocycles. The Morgan fingerprint density at radius 3 is 2.44 bits per heavy atom. The van der Waals surface area contributed by atoms with E-state index >= 15 is 0 Å². The van der Waals surface area contributed by atoms with Crippen molar-refractivity contribution in [2.45, 2.75) is 51.9 Å². The summed E-state index contributed by atoms with van der Waals surface area (Å²) in [7, 11) is 1.45. The van der Waals surface area contributed by atoms with Crippen LogP contribution in [-0.4, -0.2) is 59.2 Å². The van der Waals surface area contributed by atoms with Gasteiger partial charge in [-0.3, -0.25) is 14.5 Å². The number of carbonyl (C=O) groups excluding carboxylic acids is 1. The second-order valence-electron chi connectivity index (χ2n) is 10.0. The first-order chi connectivity index (χ1) is 18.3. The molecular weight excluding hydrogens is 523 g/mol. The lowest BCUT2D eigenvalue weighted by molar-refractivity contribution is -0.287. The minimum atomic E-state index is -5.57. The van der Waals surface area contributed by atoms with Gasteiger partial charge in [0.1, 0.15) is 5.75 Å². The van der Waals surface area contributed by atoms with Crippen LogP contribution in [0, 0.1) is 19.8 Å². The maximum Gasteiger partial charge on any atom is 0.454 e. The van der Waals surface area contributed by atoms with Crippen molar-refractivity contribution in [3.8, 4) is 5.75 Å². The fourth-order valence-electron chi connectivity index (χ4n) is 5.20. The summed E-state index contributed by atoms with van der Waals surface area (Å²) >= 11 is 0. The van der Waals surface area contributed by atoms with E-state index in [-0.39, 0.29) is 37.0 Å². The number of methoxy groups -OCH3 is 1. The predicted molar refractivity (Wildman–Crippen MR) is 136 cm³/mol. The second-order valence-corrected chi connectivity index (χ2v) is 10.0. The van der Waals surface area contributed by atoms with E-state index in [4.69, 9.17) is 4.74 Å². The molecule has 0 aliphatic carbocycles. The van der Waals surface area contributed by atoms with Gasteiger partial charge in [0.25, 0.3) is 11.5 Å². The molecule has 3 heterocycles. The molecule has 1 aliphatic rings. The van der Waals surface area contributed by atoms with Gasteiger partial charge in [-0.05, 0) is 57.8 Å². The molecule has 212 valence electrons. The molecule has 1 amide bonds. The summed E-state index contributed by atoms with van der Waals surface area (Å²) in [6.07, 6.45) is -4.66. The van der Waals surface area contributed by atoms with Crippen molar-refractivity contribution in [1.82, 2.24) is 19.8 Å². The number of rotatable bonds is 8. The molecule has 1 saturated heterocycles. The first kappa shape index (κ1) is 28.6. The quantitative estimate of drug-likeness (QED) is 0.393. The number of para-hydroxylation sites is 1. The number of H-pyrrole nitrogens is 1. The lowest BCUT2D eigenvalue weighted by Crippen LogP contribution is -2.49. The molecule has 39 heavy (non-hydrogen) atoms. The fourth-order valence-corrected chi connectivity index (χ4v) is 5.20. The van der Waals surface area contributed by atoms with Gasteiger partial charge in [0, 0.05) is 28.8 Å². The Bertz CT molecular complexity index is 1400. The highest BCUT2D eigenvalue weighted by molar-refractivity contribution is 6.08. The third-order valence-electron chi connectivity index (χ3n) is 7.32. The average Bonchev–Trinajstić information content (AvgIpc) is 3.14. The number of alkyl halides is 5. The van der Waals surface area contributed by atoms with Gasteiger partial charge in [-0.1, -0.05) is 18.2 Å². The van der Waals surface area contributed by atoms with Crippen molar-refractivity contribution in [3.63, 3.8) is 0 Å². The van der Waals surface area contributed by atoms with Crippen molar-refractivity contribution >= 4 is 16.8 Å².